The molecule has 1 aromatic carbocycles. The highest BCUT2D eigenvalue weighted by Crippen LogP contribution is 2.22. The maximum atomic E-state index is 6.11. The van der Waals surface area contributed by atoms with E-state index in [-0.39, 0.29) is 0 Å². The summed E-state index contributed by atoms with van der Waals surface area (Å²) in [5, 5.41) is 4.58. The minimum atomic E-state index is 0.481. The predicted octanol–water partition coefficient (Wildman–Crippen LogP) is 4.03. The van der Waals surface area contributed by atoms with Crippen molar-refractivity contribution in [2.45, 2.75) is 6.54 Å². The quantitative estimate of drug-likeness (QED) is 0.780. The number of halogens is 2. The Kier molecular flexibility index (Phi) is 6.11. The van der Waals surface area contributed by atoms with Crippen molar-refractivity contribution in [1.29, 1.82) is 0 Å². The maximum absolute atomic E-state index is 6.11. The summed E-state index contributed by atoms with van der Waals surface area (Å²) in [6, 6.07) is 9.09. The van der Waals surface area contributed by atoms with Gasteiger partial charge in [0, 0.05) is 29.8 Å². The Bertz CT molecular complexity index is 576. The summed E-state index contributed by atoms with van der Waals surface area (Å²) in [6.45, 7) is 1.59. The predicted molar refractivity (Wildman–Crippen MR) is 85.4 cm³/mol. The normalized spacial score (nSPS) is 10.4. The van der Waals surface area contributed by atoms with Crippen molar-refractivity contribution < 1.29 is 9.47 Å². The number of hydrogen-bond acceptors (Lipinski definition) is 4. The van der Waals surface area contributed by atoms with E-state index in [9.17, 15) is 0 Å². The van der Waals surface area contributed by atoms with Gasteiger partial charge in [0.1, 0.15) is 6.61 Å². The van der Waals surface area contributed by atoms with E-state index in [1.54, 1.807) is 31.5 Å². The lowest BCUT2D eigenvalue weighted by atomic mass is 10.2. The molecule has 0 unspecified atom stereocenters. The van der Waals surface area contributed by atoms with Crippen LogP contribution in [0.3, 0.4) is 0 Å². The van der Waals surface area contributed by atoms with Gasteiger partial charge >= 0.3 is 0 Å². The minimum Gasteiger partial charge on any atom is -0.475 e. The van der Waals surface area contributed by atoms with Crippen molar-refractivity contribution in [3.05, 3.63) is 52.1 Å². The molecule has 0 aliphatic carbocycles. The molecule has 0 saturated carbocycles. The number of nitrogens with zero attached hydrogens (tertiary/aromatic N) is 1. The average molecular weight is 327 g/mol. The van der Waals surface area contributed by atoms with Gasteiger partial charge in [-0.3, -0.25) is 0 Å². The van der Waals surface area contributed by atoms with Crippen LogP contribution in [0.2, 0.25) is 10.0 Å². The topological polar surface area (TPSA) is 43.4 Å². The van der Waals surface area contributed by atoms with Crippen LogP contribution in [0.1, 0.15) is 5.56 Å². The van der Waals surface area contributed by atoms with Crippen LogP contribution in [0, 0.1) is 0 Å². The fraction of sp³-hybridized carbons (Fsp3) is 0.267. The molecule has 112 valence electrons. The van der Waals surface area contributed by atoms with Gasteiger partial charge in [0.2, 0.25) is 5.88 Å². The number of nitrogens with one attached hydrogen (secondary N) is 1. The number of ether oxygens (including phenoxy) is 2. The molecule has 4 nitrogen and oxygen atoms in total. The van der Waals surface area contributed by atoms with Crippen molar-refractivity contribution in [3.63, 3.8) is 0 Å². The van der Waals surface area contributed by atoms with Crippen molar-refractivity contribution in [1.82, 2.24) is 4.98 Å². The number of hydrogen-bond donors (Lipinski definition) is 1. The van der Waals surface area contributed by atoms with Crippen LogP contribution in [0.5, 0.6) is 5.88 Å². The van der Waals surface area contributed by atoms with E-state index in [4.69, 9.17) is 32.7 Å². The largest absolute Gasteiger partial charge is 0.475 e. The molecule has 0 amide bonds. The zero-order valence-electron chi connectivity index (χ0n) is 11.6. The van der Waals surface area contributed by atoms with E-state index in [0.29, 0.717) is 35.7 Å². The van der Waals surface area contributed by atoms with Gasteiger partial charge in [-0.2, -0.15) is 0 Å². The van der Waals surface area contributed by atoms with Crippen LogP contribution in [0.4, 0.5) is 5.69 Å². The Hall–Kier alpha value is -1.49. The number of methoxy groups -OCH3 is 1. The van der Waals surface area contributed by atoms with Crippen LogP contribution >= 0.6 is 23.2 Å². The summed E-state index contributed by atoms with van der Waals surface area (Å²) < 4.78 is 10.3. The van der Waals surface area contributed by atoms with Gasteiger partial charge in [-0.1, -0.05) is 23.2 Å². The first-order valence-corrected chi connectivity index (χ1v) is 7.20. The minimum absolute atomic E-state index is 0.481. The molecule has 1 heterocycles. The van der Waals surface area contributed by atoms with Gasteiger partial charge < -0.3 is 14.8 Å². The van der Waals surface area contributed by atoms with Crippen molar-refractivity contribution >= 4 is 28.9 Å². The standard InChI is InChI=1S/C15H16Cl2N2O2/c1-20-6-7-21-15-5-3-13(10-19-15)18-9-11-8-12(16)2-4-14(11)17/h2-5,8,10,18H,6-7,9H2,1H3. The number of benzene rings is 1. The SMILES string of the molecule is COCCOc1ccc(NCc2cc(Cl)ccc2Cl)cn1. The number of rotatable bonds is 7. The number of anilines is 1. The zero-order chi connectivity index (χ0) is 15.1. The lowest BCUT2D eigenvalue weighted by Crippen LogP contribution is -2.05. The van der Waals surface area contributed by atoms with E-state index in [2.05, 4.69) is 10.3 Å². The molecule has 21 heavy (non-hydrogen) atoms. The first-order chi connectivity index (χ1) is 10.2. The summed E-state index contributed by atoms with van der Waals surface area (Å²) in [5.41, 5.74) is 1.81. The number of aromatic nitrogens is 1. The van der Waals surface area contributed by atoms with Crippen LogP contribution < -0.4 is 10.1 Å². The third-order valence-corrected chi connectivity index (χ3v) is 3.37. The van der Waals surface area contributed by atoms with Crippen LogP contribution in [0.15, 0.2) is 36.5 Å². The van der Waals surface area contributed by atoms with Crippen LogP contribution in [0.25, 0.3) is 0 Å². The first-order valence-electron chi connectivity index (χ1n) is 6.44. The Morgan fingerprint density at radius 1 is 1.14 bits per heavy atom. The fourth-order valence-corrected chi connectivity index (χ4v) is 2.05. The second kappa shape index (κ2) is 8.08. The number of pyridine rings is 1. The summed E-state index contributed by atoms with van der Waals surface area (Å²) >= 11 is 12.1. The molecule has 1 N–H and O–H groups in total. The third-order valence-electron chi connectivity index (χ3n) is 2.76. The van der Waals surface area contributed by atoms with E-state index in [0.717, 1.165) is 11.3 Å². The average Bonchev–Trinajstić information content (AvgIpc) is 2.50. The second-order valence-electron chi connectivity index (χ2n) is 4.32. The first kappa shape index (κ1) is 15.9. The Labute approximate surface area is 134 Å². The fourth-order valence-electron chi connectivity index (χ4n) is 1.68. The van der Waals surface area contributed by atoms with E-state index < -0.39 is 0 Å². The highest BCUT2D eigenvalue weighted by molar-refractivity contribution is 6.33. The summed E-state index contributed by atoms with van der Waals surface area (Å²) in [6.07, 6.45) is 1.71. The van der Waals surface area contributed by atoms with E-state index >= 15 is 0 Å². The van der Waals surface area contributed by atoms with Crippen molar-refractivity contribution in [2.24, 2.45) is 0 Å². The van der Waals surface area contributed by atoms with Crippen molar-refractivity contribution in [3.8, 4) is 5.88 Å². The monoisotopic (exact) mass is 326 g/mol. The van der Waals surface area contributed by atoms with E-state index in [1.807, 2.05) is 12.1 Å². The summed E-state index contributed by atoms with van der Waals surface area (Å²) in [7, 11) is 1.63. The molecule has 2 rings (SSSR count). The summed E-state index contributed by atoms with van der Waals surface area (Å²) in [5.74, 6) is 0.568. The van der Waals surface area contributed by atoms with Crippen molar-refractivity contribution in [2.75, 3.05) is 25.6 Å². The van der Waals surface area contributed by atoms with Gasteiger partial charge in [-0.05, 0) is 29.8 Å². The van der Waals surface area contributed by atoms with Gasteiger partial charge in [0.25, 0.3) is 0 Å². The van der Waals surface area contributed by atoms with Gasteiger partial charge in [-0.15, -0.1) is 0 Å². The maximum Gasteiger partial charge on any atom is 0.213 e. The van der Waals surface area contributed by atoms with Gasteiger partial charge in [-0.25, -0.2) is 4.98 Å². The smallest absolute Gasteiger partial charge is 0.213 e. The molecule has 0 bridgehead atoms. The summed E-state index contributed by atoms with van der Waals surface area (Å²) in [4.78, 5) is 4.20. The Morgan fingerprint density at radius 3 is 2.71 bits per heavy atom. The van der Waals surface area contributed by atoms with Gasteiger partial charge in [0.05, 0.1) is 18.5 Å². The Balaban J connectivity index is 1.90. The molecule has 0 aliphatic heterocycles. The molecule has 2 aromatic rings. The molecule has 0 radical (unpaired) electrons. The molecule has 0 saturated heterocycles. The molecule has 1 aromatic heterocycles. The molecule has 0 aliphatic rings. The lowest BCUT2D eigenvalue weighted by molar-refractivity contribution is 0.144. The molecule has 6 heteroatoms. The molecular formula is C15H16Cl2N2O2. The molecule has 0 fully saturated rings. The highest BCUT2D eigenvalue weighted by atomic mass is 35.5. The van der Waals surface area contributed by atoms with Gasteiger partial charge in [0.15, 0.2) is 0 Å². The Morgan fingerprint density at radius 2 is 2.00 bits per heavy atom. The molecular weight excluding hydrogens is 311 g/mol. The third kappa shape index (κ3) is 5.08. The van der Waals surface area contributed by atoms with Crippen LogP contribution in [-0.4, -0.2) is 25.3 Å². The zero-order valence-corrected chi connectivity index (χ0v) is 13.1. The lowest BCUT2D eigenvalue weighted by Gasteiger charge is -2.09. The van der Waals surface area contributed by atoms with E-state index in [1.165, 1.54) is 0 Å². The van der Waals surface area contributed by atoms with Crippen LogP contribution in [-0.2, 0) is 11.3 Å². The second-order valence-corrected chi connectivity index (χ2v) is 5.16. The molecule has 0 atom stereocenters. The highest BCUT2D eigenvalue weighted by Gasteiger charge is 2.02. The molecule has 0 spiro atoms.